The fourth-order valence-electron chi connectivity index (χ4n) is 1.99. The molecular weight excluding hydrogens is 298 g/mol. The maximum absolute atomic E-state index is 11.7. The molecule has 7 heteroatoms. The molecule has 0 bridgehead atoms. The molecule has 1 aliphatic rings. The second-order valence-corrected chi connectivity index (χ2v) is 5.18. The highest BCUT2D eigenvalue weighted by atomic mass is 35.5. The van der Waals surface area contributed by atoms with E-state index in [0.29, 0.717) is 23.2 Å². The quantitative estimate of drug-likeness (QED) is 0.807. The van der Waals surface area contributed by atoms with E-state index in [9.17, 15) is 4.79 Å². The number of methoxy groups -OCH3 is 1. The first-order valence-corrected chi connectivity index (χ1v) is 7.10. The molecule has 1 N–H and O–H groups in total. The number of hydrazine groups is 1. The lowest BCUT2D eigenvalue weighted by atomic mass is 10.2. The molecule has 0 radical (unpaired) electrons. The molecule has 0 saturated carbocycles. The molecule has 0 spiro atoms. The molecule has 1 aromatic rings. The minimum atomic E-state index is -0.398. The second kappa shape index (κ2) is 6.76. The van der Waals surface area contributed by atoms with E-state index >= 15 is 0 Å². The van der Waals surface area contributed by atoms with Crippen molar-refractivity contribution >= 4 is 40.7 Å². The highest BCUT2D eigenvalue weighted by molar-refractivity contribution is 7.80. The molecule has 0 aliphatic carbocycles. The minimum Gasteiger partial charge on any atom is -0.452 e. The number of rotatable bonds is 1. The van der Waals surface area contributed by atoms with Crippen molar-refractivity contribution in [3.05, 3.63) is 29.3 Å². The maximum atomic E-state index is 11.7. The number of amides is 1. The van der Waals surface area contributed by atoms with Gasteiger partial charge in [-0.15, -0.1) is 0 Å². The van der Waals surface area contributed by atoms with Crippen LogP contribution in [0.25, 0.3) is 0 Å². The predicted molar refractivity (Wildman–Crippen MR) is 82.7 cm³/mol. The Hall–Kier alpha value is -1.53. The van der Waals surface area contributed by atoms with E-state index in [-0.39, 0.29) is 0 Å². The lowest BCUT2D eigenvalue weighted by Gasteiger charge is -2.38. The van der Waals surface area contributed by atoms with Crippen molar-refractivity contribution < 1.29 is 9.53 Å². The Balaban J connectivity index is 2.05. The van der Waals surface area contributed by atoms with Crippen LogP contribution in [-0.2, 0) is 4.74 Å². The number of nitrogens with zero attached hydrogens (tertiary/aromatic N) is 2. The van der Waals surface area contributed by atoms with Crippen molar-refractivity contribution in [2.45, 2.75) is 12.8 Å². The van der Waals surface area contributed by atoms with Crippen LogP contribution in [0.1, 0.15) is 12.8 Å². The molecule has 5 nitrogen and oxygen atoms in total. The third-order valence-electron chi connectivity index (χ3n) is 3.00. The molecule has 1 saturated heterocycles. The van der Waals surface area contributed by atoms with Crippen LogP contribution in [0.2, 0.25) is 5.02 Å². The number of hydrogen-bond acceptors (Lipinski definition) is 3. The zero-order valence-corrected chi connectivity index (χ0v) is 12.7. The van der Waals surface area contributed by atoms with Crippen molar-refractivity contribution in [2.75, 3.05) is 25.5 Å². The van der Waals surface area contributed by atoms with E-state index < -0.39 is 6.09 Å². The van der Waals surface area contributed by atoms with E-state index in [1.807, 2.05) is 12.1 Å². The topological polar surface area (TPSA) is 44.8 Å². The van der Waals surface area contributed by atoms with Gasteiger partial charge in [0, 0.05) is 23.8 Å². The number of carbonyl (C=O) groups excluding carboxylic acids is 1. The van der Waals surface area contributed by atoms with E-state index in [0.717, 1.165) is 18.5 Å². The fraction of sp³-hybridized carbons (Fsp3) is 0.385. The summed E-state index contributed by atoms with van der Waals surface area (Å²) in [5.74, 6) is 0. The van der Waals surface area contributed by atoms with Crippen LogP contribution in [0.5, 0.6) is 0 Å². The summed E-state index contributed by atoms with van der Waals surface area (Å²) < 4.78 is 4.78. The Labute approximate surface area is 128 Å². The predicted octanol–water partition coefficient (Wildman–Crippen LogP) is 3.12. The molecule has 2 rings (SSSR count). The van der Waals surface area contributed by atoms with Gasteiger partial charge >= 0.3 is 6.09 Å². The Morgan fingerprint density at radius 3 is 2.45 bits per heavy atom. The van der Waals surface area contributed by atoms with Crippen molar-refractivity contribution in [3.8, 4) is 0 Å². The lowest BCUT2D eigenvalue weighted by Crippen LogP contribution is -2.54. The number of halogens is 1. The van der Waals surface area contributed by atoms with E-state index in [1.165, 1.54) is 12.1 Å². The van der Waals surface area contributed by atoms with Gasteiger partial charge in [-0.2, -0.15) is 0 Å². The smallest absolute Gasteiger partial charge is 0.428 e. The summed E-state index contributed by atoms with van der Waals surface area (Å²) in [7, 11) is 1.37. The molecular formula is C13H16ClN3O2S. The van der Waals surface area contributed by atoms with Crippen LogP contribution in [0, 0.1) is 0 Å². The van der Waals surface area contributed by atoms with E-state index in [1.54, 1.807) is 17.1 Å². The highest BCUT2D eigenvalue weighted by Crippen LogP contribution is 2.17. The summed E-state index contributed by atoms with van der Waals surface area (Å²) in [4.78, 5) is 11.7. The number of nitrogens with one attached hydrogen (secondary N) is 1. The van der Waals surface area contributed by atoms with Gasteiger partial charge < -0.3 is 10.1 Å². The van der Waals surface area contributed by atoms with Crippen LogP contribution >= 0.6 is 23.8 Å². The molecule has 0 aromatic heterocycles. The van der Waals surface area contributed by atoms with E-state index in [2.05, 4.69) is 5.32 Å². The zero-order valence-electron chi connectivity index (χ0n) is 11.1. The Kier molecular flexibility index (Phi) is 5.03. The fourth-order valence-corrected chi connectivity index (χ4v) is 2.43. The molecule has 1 aromatic carbocycles. The average molecular weight is 314 g/mol. The summed E-state index contributed by atoms with van der Waals surface area (Å²) in [5.41, 5.74) is 0.829. The number of benzene rings is 1. The SMILES string of the molecule is COC(=O)N1CCCCN1C(=S)Nc1ccc(Cl)cc1. The van der Waals surface area contributed by atoms with Crippen LogP contribution in [0.4, 0.5) is 10.5 Å². The van der Waals surface area contributed by atoms with Gasteiger partial charge in [-0.3, -0.25) is 5.01 Å². The van der Waals surface area contributed by atoms with Crippen LogP contribution in [0.3, 0.4) is 0 Å². The number of hydrogen-bond donors (Lipinski definition) is 1. The Morgan fingerprint density at radius 1 is 1.25 bits per heavy atom. The summed E-state index contributed by atoms with van der Waals surface area (Å²) in [6.07, 6.45) is 1.52. The second-order valence-electron chi connectivity index (χ2n) is 4.36. The first kappa shape index (κ1) is 14.9. The van der Waals surface area contributed by atoms with Crippen molar-refractivity contribution in [1.29, 1.82) is 0 Å². The zero-order chi connectivity index (χ0) is 14.5. The molecule has 1 amide bonds. The highest BCUT2D eigenvalue weighted by Gasteiger charge is 2.27. The van der Waals surface area contributed by atoms with Gasteiger partial charge in [0.05, 0.1) is 7.11 Å². The standard InChI is InChI=1S/C13H16ClN3O2S/c1-19-13(18)17-9-3-2-8-16(17)12(20)15-11-6-4-10(14)5-7-11/h4-7H,2-3,8-9H2,1H3,(H,15,20). The molecule has 0 unspecified atom stereocenters. The Bertz CT molecular complexity index is 495. The van der Waals surface area contributed by atoms with Gasteiger partial charge in [-0.1, -0.05) is 11.6 Å². The van der Waals surface area contributed by atoms with Crippen LogP contribution < -0.4 is 5.32 Å². The minimum absolute atomic E-state index is 0.398. The first-order chi connectivity index (χ1) is 9.61. The summed E-state index contributed by atoms with van der Waals surface area (Å²) in [6, 6.07) is 7.23. The van der Waals surface area contributed by atoms with Gasteiger partial charge in [-0.05, 0) is 49.3 Å². The molecule has 108 valence electrons. The Morgan fingerprint density at radius 2 is 1.85 bits per heavy atom. The molecule has 1 aliphatic heterocycles. The van der Waals surface area contributed by atoms with Crippen LogP contribution in [-0.4, -0.2) is 41.4 Å². The number of thiocarbonyl (C=S) groups is 1. The van der Waals surface area contributed by atoms with Crippen molar-refractivity contribution in [2.24, 2.45) is 0 Å². The normalized spacial score (nSPS) is 14.9. The van der Waals surface area contributed by atoms with Gasteiger partial charge in [0.15, 0.2) is 5.11 Å². The van der Waals surface area contributed by atoms with Crippen molar-refractivity contribution in [3.63, 3.8) is 0 Å². The third kappa shape index (κ3) is 3.52. The molecule has 1 heterocycles. The molecule has 0 atom stereocenters. The third-order valence-corrected chi connectivity index (χ3v) is 3.56. The number of carbonyl (C=O) groups is 1. The largest absolute Gasteiger partial charge is 0.452 e. The van der Waals surface area contributed by atoms with E-state index in [4.69, 9.17) is 28.6 Å². The number of anilines is 1. The maximum Gasteiger partial charge on any atom is 0.428 e. The summed E-state index contributed by atoms with van der Waals surface area (Å²) >= 11 is 11.2. The van der Waals surface area contributed by atoms with Gasteiger partial charge in [0.1, 0.15) is 0 Å². The molecule has 20 heavy (non-hydrogen) atoms. The monoisotopic (exact) mass is 313 g/mol. The van der Waals surface area contributed by atoms with Gasteiger partial charge in [0.25, 0.3) is 0 Å². The van der Waals surface area contributed by atoms with Crippen LogP contribution in [0.15, 0.2) is 24.3 Å². The van der Waals surface area contributed by atoms with Gasteiger partial charge in [0.2, 0.25) is 0 Å². The lowest BCUT2D eigenvalue weighted by molar-refractivity contribution is 0.0163. The molecule has 1 fully saturated rings. The number of ether oxygens (including phenoxy) is 1. The van der Waals surface area contributed by atoms with Gasteiger partial charge in [-0.25, -0.2) is 9.80 Å². The average Bonchev–Trinajstić information content (AvgIpc) is 2.48. The summed E-state index contributed by atoms with van der Waals surface area (Å²) in [6.45, 7) is 1.30. The van der Waals surface area contributed by atoms with Crippen molar-refractivity contribution in [1.82, 2.24) is 10.0 Å². The summed E-state index contributed by atoms with van der Waals surface area (Å²) in [5, 5.41) is 7.49. The first-order valence-electron chi connectivity index (χ1n) is 6.31.